The van der Waals surface area contributed by atoms with Crippen molar-refractivity contribution in [2.45, 2.75) is 6.42 Å². The minimum absolute atomic E-state index is 0.322. The van der Waals surface area contributed by atoms with E-state index in [2.05, 4.69) is 17.6 Å². The van der Waals surface area contributed by atoms with Gasteiger partial charge in [-0.25, -0.2) is 4.39 Å². The number of benzene rings is 1. The number of nitrogens with one attached hydrogen (secondary N) is 1. The molecule has 0 bridgehead atoms. The van der Waals surface area contributed by atoms with E-state index in [-0.39, 0.29) is 0 Å². The quantitative estimate of drug-likeness (QED) is 0.794. The molecule has 0 fully saturated rings. The zero-order valence-corrected chi connectivity index (χ0v) is 8.05. The maximum atomic E-state index is 12.9. The fraction of sp³-hybridized carbons (Fsp3) is 0.0833. The van der Waals surface area contributed by atoms with Gasteiger partial charge in [0.2, 0.25) is 0 Å². The van der Waals surface area contributed by atoms with Crippen LogP contribution in [-0.4, -0.2) is 4.98 Å². The van der Waals surface area contributed by atoms with Gasteiger partial charge in [-0.1, -0.05) is 6.58 Å². The molecule has 0 unspecified atom stereocenters. The van der Waals surface area contributed by atoms with Gasteiger partial charge in [-0.3, -0.25) is 0 Å². The van der Waals surface area contributed by atoms with Gasteiger partial charge in [-0.2, -0.15) is 5.26 Å². The number of aromatic nitrogens is 1. The molecule has 0 radical (unpaired) electrons. The molecular weight excluding hydrogens is 191 g/mol. The second kappa shape index (κ2) is 3.58. The lowest BCUT2D eigenvalue weighted by molar-refractivity contribution is 0.763. The number of halogens is 1. The van der Waals surface area contributed by atoms with Crippen molar-refractivity contribution in [3.05, 3.63) is 42.1 Å². The van der Waals surface area contributed by atoms with Gasteiger partial charge in [-0.05, 0) is 23.8 Å². The molecule has 0 aliphatic rings. The lowest BCUT2D eigenvalue weighted by Gasteiger charge is -1.97. The summed E-state index contributed by atoms with van der Waals surface area (Å²) >= 11 is 0. The van der Waals surface area contributed by atoms with E-state index in [1.54, 1.807) is 24.4 Å². The third kappa shape index (κ3) is 1.62. The number of nitrogens with zero attached hydrogens (tertiary/aromatic N) is 1. The number of aromatic amines is 1. The van der Waals surface area contributed by atoms with E-state index < -0.39 is 5.83 Å². The average Bonchev–Trinajstić information content (AvgIpc) is 2.61. The van der Waals surface area contributed by atoms with Gasteiger partial charge in [0.1, 0.15) is 5.83 Å². The fourth-order valence-corrected chi connectivity index (χ4v) is 1.58. The Bertz CT molecular complexity index is 560. The van der Waals surface area contributed by atoms with Gasteiger partial charge in [-0.15, -0.1) is 0 Å². The Labute approximate surface area is 86.7 Å². The Balaban J connectivity index is 2.62. The highest BCUT2D eigenvalue weighted by Crippen LogP contribution is 2.23. The number of rotatable bonds is 2. The van der Waals surface area contributed by atoms with Crippen molar-refractivity contribution < 1.29 is 4.39 Å². The minimum atomic E-state index is -0.457. The molecule has 2 rings (SSSR count). The summed E-state index contributed by atoms with van der Waals surface area (Å²) in [4.78, 5) is 3.04. The van der Waals surface area contributed by atoms with Crippen LogP contribution in [-0.2, 0) is 6.42 Å². The standard InChI is InChI=1S/C12H9FN2/c1-8(13)9-2-3-12-11(6-9)10(4-5-14)7-15-12/h2-3,6-7,15H,1,4H2. The summed E-state index contributed by atoms with van der Waals surface area (Å²) in [5.41, 5.74) is 2.25. The Morgan fingerprint density at radius 1 is 1.53 bits per heavy atom. The van der Waals surface area contributed by atoms with E-state index in [1.165, 1.54) is 0 Å². The first-order valence-electron chi connectivity index (χ1n) is 4.54. The van der Waals surface area contributed by atoms with Crippen LogP contribution in [0.5, 0.6) is 0 Å². The predicted molar refractivity (Wildman–Crippen MR) is 57.8 cm³/mol. The van der Waals surface area contributed by atoms with Gasteiger partial charge in [0.05, 0.1) is 12.5 Å². The summed E-state index contributed by atoms with van der Waals surface area (Å²) in [5.74, 6) is -0.457. The zero-order valence-electron chi connectivity index (χ0n) is 8.05. The molecule has 74 valence electrons. The van der Waals surface area contributed by atoms with E-state index in [4.69, 9.17) is 5.26 Å². The normalized spacial score (nSPS) is 10.1. The molecule has 1 aromatic carbocycles. The highest BCUT2D eigenvalue weighted by atomic mass is 19.1. The first kappa shape index (κ1) is 9.47. The molecule has 0 spiro atoms. The molecule has 2 nitrogen and oxygen atoms in total. The van der Waals surface area contributed by atoms with Gasteiger partial charge in [0.15, 0.2) is 0 Å². The van der Waals surface area contributed by atoms with Crippen molar-refractivity contribution in [2.75, 3.05) is 0 Å². The average molecular weight is 200 g/mol. The Hall–Kier alpha value is -2.08. The van der Waals surface area contributed by atoms with E-state index >= 15 is 0 Å². The van der Waals surface area contributed by atoms with Crippen LogP contribution in [0.3, 0.4) is 0 Å². The topological polar surface area (TPSA) is 39.6 Å². The van der Waals surface area contributed by atoms with E-state index in [1.807, 2.05) is 0 Å². The molecule has 1 N–H and O–H groups in total. The Morgan fingerprint density at radius 2 is 2.33 bits per heavy atom. The summed E-state index contributed by atoms with van der Waals surface area (Å²) in [6.07, 6.45) is 2.10. The summed E-state index contributed by atoms with van der Waals surface area (Å²) in [6, 6.07) is 7.24. The van der Waals surface area contributed by atoms with Crippen LogP contribution >= 0.6 is 0 Å². The van der Waals surface area contributed by atoms with Crippen LogP contribution in [0.4, 0.5) is 4.39 Å². The second-order valence-corrected chi connectivity index (χ2v) is 3.31. The Kier molecular flexibility index (Phi) is 2.26. The first-order valence-corrected chi connectivity index (χ1v) is 4.54. The monoisotopic (exact) mass is 200 g/mol. The van der Waals surface area contributed by atoms with Gasteiger partial charge >= 0.3 is 0 Å². The smallest absolute Gasteiger partial charge is 0.123 e. The predicted octanol–water partition coefficient (Wildman–Crippen LogP) is 3.17. The molecule has 15 heavy (non-hydrogen) atoms. The highest BCUT2D eigenvalue weighted by Gasteiger charge is 2.05. The molecule has 1 heterocycles. The van der Waals surface area contributed by atoms with Crippen LogP contribution in [0, 0.1) is 11.3 Å². The van der Waals surface area contributed by atoms with E-state index in [9.17, 15) is 4.39 Å². The van der Waals surface area contributed by atoms with Gasteiger partial charge in [0, 0.05) is 22.7 Å². The van der Waals surface area contributed by atoms with E-state index in [0.717, 1.165) is 16.5 Å². The van der Waals surface area contributed by atoms with Gasteiger partial charge in [0.25, 0.3) is 0 Å². The van der Waals surface area contributed by atoms with Crippen LogP contribution in [0.25, 0.3) is 16.7 Å². The second-order valence-electron chi connectivity index (χ2n) is 3.31. The van der Waals surface area contributed by atoms with Gasteiger partial charge < -0.3 is 4.98 Å². The third-order valence-electron chi connectivity index (χ3n) is 2.35. The number of H-pyrrole nitrogens is 1. The largest absolute Gasteiger partial charge is 0.361 e. The number of hydrogen-bond acceptors (Lipinski definition) is 1. The molecule has 0 aliphatic carbocycles. The zero-order chi connectivity index (χ0) is 10.8. The minimum Gasteiger partial charge on any atom is -0.361 e. The molecule has 0 saturated heterocycles. The van der Waals surface area contributed by atoms with Crippen molar-refractivity contribution in [3.8, 4) is 6.07 Å². The summed E-state index contributed by atoms with van der Waals surface area (Å²) < 4.78 is 12.9. The van der Waals surface area contributed by atoms with E-state index in [0.29, 0.717) is 12.0 Å². The molecular formula is C12H9FN2. The molecule has 0 atom stereocenters. The summed E-state index contributed by atoms with van der Waals surface area (Å²) in [6.45, 7) is 3.25. The maximum absolute atomic E-state index is 12.9. The molecule has 2 aromatic rings. The summed E-state index contributed by atoms with van der Waals surface area (Å²) in [7, 11) is 0. The molecule has 1 aromatic heterocycles. The SMILES string of the molecule is C=C(F)c1ccc2[nH]cc(CC#N)c2c1. The van der Waals surface area contributed by atoms with Crippen LogP contribution in [0.15, 0.2) is 31.0 Å². The Morgan fingerprint density at radius 3 is 3.00 bits per heavy atom. The number of nitriles is 1. The molecule has 0 aliphatic heterocycles. The fourth-order valence-electron chi connectivity index (χ4n) is 1.58. The first-order chi connectivity index (χ1) is 7.22. The van der Waals surface area contributed by atoms with Crippen LogP contribution < -0.4 is 0 Å². The molecule has 0 saturated carbocycles. The third-order valence-corrected chi connectivity index (χ3v) is 2.35. The molecule has 0 amide bonds. The molecule has 3 heteroatoms. The number of hydrogen-bond donors (Lipinski definition) is 1. The van der Waals surface area contributed by atoms with Crippen LogP contribution in [0.2, 0.25) is 0 Å². The lowest BCUT2D eigenvalue weighted by Crippen LogP contribution is -1.80. The van der Waals surface area contributed by atoms with Crippen LogP contribution in [0.1, 0.15) is 11.1 Å². The lowest BCUT2D eigenvalue weighted by atomic mass is 10.1. The van der Waals surface area contributed by atoms with Crippen molar-refractivity contribution >= 4 is 16.7 Å². The van der Waals surface area contributed by atoms with Crippen molar-refractivity contribution in [1.29, 1.82) is 5.26 Å². The van der Waals surface area contributed by atoms with Crippen molar-refractivity contribution in [2.24, 2.45) is 0 Å². The van der Waals surface area contributed by atoms with Crippen molar-refractivity contribution in [3.63, 3.8) is 0 Å². The summed E-state index contributed by atoms with van der Waals surface area (Å²) in [5, 5.41) is 9.50. The van der Waals surface area contributed by atoms with Crippen molar-refractivity contribution in [1.82, 2.24) is 4.98 Å². The maximum Gasteiger partial charge on any atom is 0.123 e. The highest BCUT2D eigenvalue weighted by molar-refractivity contribution is 5.86. The number of fused-ring (bicyclic) bond motifs is 1.